The predicted molar refractivity (Wildman–Crippen MR) is 263 cm³/mol. The Hall–Kier alpha value is -0.870. The lowest BCUT2D eigenvalue weighted by Crippen LogP contribution is -2.45. The molecule has 0 saturated heterocycles. The van der Waals surface area contributed by atoms with E-state index in [1.807, 2.05) is 0 Å². The summed E-state index contributed by atoms with van der Waals surface area (Å²) in [4.78, 5) is 12.5. The monoisotopic (exact) mass is 832 g/mol. The smallest absolute Gasteiger partial charge is 0.220 e. The van der Waals surface area contributed by atoms with Gasteiger partial charge in [0.15, 0.2) is 0 Å². The zero-order valence-corrected chi connectivity index (χ0v) is 40.6. The minimum atomic E-state index is -0.657. The number of carbonyl (C=O) groups is 1. The largest absolute Gasteiger partial charge is 0.394 e. The van der Waals surface area contributed by atoms with Gasteiger partial charge in [-0.1, -0.05) is 283 Å². The lowest BCUT2D eigenvalue weighted by Gasteiger charge is -2.22. The van der Waals surface area contributed by atoms with Crippen molar-refractivity contribution in [1.29, 1.82) is 0 Å². The van der Waals surface area contributed by atoms with Crippen LogP contribution in [0.1, 0.15) is 316 Å². The van der Waals surface area contributed by atoms with Crippen LogP contribution in [-0.4, -0.2) is 34.9 Å². The fraction of sp³-hybridized carbons (Fsp3) is 0.945. The Morgan fingerprint density at radius 3 is 0.932 bits per heavy atom. The number of allylic oxidation sites excluding steroid dienone is 2. The van der Waals surface area contributed by atoms with Gasteiger partial charge in [0.2, 0.25) is 5.91 Å². The number of hydrogen-bond acceptors (Lipinski definition) is 3. The molecule has 4 nitrogen and oxygen atoms in total. The number of unbranched alkanes of at least 4 members (excludes halogenated alkanes) is 42. The molecule has 352 valence electrons. The van der Waals surface area contributed by atoms with Crippen LogP contribution in [-0.2, 0) is 4.79 Å². The van der Waals surface area contributed by atoms with Crippen molar-refractivity contribution < 1.29 is 15.0 Å². The highest BCUT2D eigenvalue weighted by Gasteiger charge is 2.20. The first-order valence-corrected chi connectivity index (χ1v) is 27.4. The Balaban J connectivity index is 3.42. The molecule has 3 N–H and O–H groups in total. The summed E-state index contributed by atoms with van der Waals surface area (Å²) < 4.78 is 0. The van der Waals surface area contributed by atoms with Crippen LogP contribution >= 0.6 is 0 Å². The number of aliphatic hydroxyl groups is 2. The van der Waals surface area contributed by atoms with Crippen molar-refractivity contribution in [3.8, 4) is 0 Å². The first kappa shape index (κ1) is 58.1. The third-order valence-corrected chi connectivity index (χ3v) is 13.0. The summed E-state index contributed by atoms with van der Waals surface area (Å²) in [6.45, 7) is 4.40. The normalized spacial score (nSPS) is 12.8. The van der Waals surface area contributed by atoms with Gasteiger partial charge in [-0.05, 0) is 38.5 Å². The van der Waals surface area contributed by atoms with Crippen LogP contribution in [0.5, 0.6) is 0 Å². The first-order valence-electron chi connectivity index (χ1n) is 27.4. The van der Waals surface area contributed by atoms with Crippen molar-refractivity contribution in [2.45, 2.75) is 328 Å². The maximum absolute atomic E-state index is 12.5. The lowest BCUT2D eigenvalue weighted by molar-refractivity contribution is -0.123. The van der Waals surface area contributed by atoms with Crippen molar-refractivity contribution in [3.63, 3.8) is 0 Å². The number of hydrogen-bond donors (Lipinski definition) is 3. The molecule has 1 amide bonds. The highest BCUT2D eigenvalue weighted by molar-refractivity contribution is 5.76. The molecule has 0 saturated carbocycles. The minimum absolute atomic E-state index is 0.0256. The minimum Gasteiger partial charge on any atom is -0.394 e. The first-order chi connectivity index (χ1) is 29.2. The van der Waals surface area contributed by atoms with E-state index in [-0.39, 0.29) is 12.5 Å². The van der Waals surface area contributed by atoms with Crippen LogP contribution in [0.4, 0.5) is 0 Å². The van der Waals surface area contributed by atoms with Crippen LogP contribution in [0.15, 0.2) is 12.2 Å². The average Bonchev–Trinajstić information content (AvgIpc) is 3.24. The van der Waals surface area contributed by atoms with E-state index in [0.717, 1.165) is 25.7 Å². The molecule has 0 aromatic rings. The fourth-order valence-electron chi connectivity index (χ4n) is 8.83. The summed E-state index contributed by atoms with van der Waals surface area (Å²) in [5.41, 5.74) is 0. The molecule has 2 atom stereocenters. The second kappa shape index (κ2) is 51.5. The molecule has 0 aromatic carbocycles. The maximum Gasteiger partial charge on any atom is 0.220 e. The van der Waals surface area contributed by atoms with E-state index in [0.29, 0.717) is 12.8 Å². The summed E-state index contributed by atoms with van der Waals surface area (Å²) >= 11 is 0. The molecule has 0 rings (SSSR count). The molecule has 0 aromatic heterocycles. The lowest BCUT2D eigenvalue weighted by atomic mass is 10.0. The zero-order chi connectivity index (χ0) is 42.8. The van der Waals surface area contributed by atoms with Crippen molar-refractivity contribution >= 4 is 5.91 Å². The van der Waals surface area contributed by atoms with Gasteiger partial charge in [0.25, 0.3) is 0 Å². The zero-order valence-electron chi connectivity index (χ0n) is 40.6. The SMILES string of the molecule is CCCCCCCCCCCCCC/C=C\CCCCCCCCCCCCCCCC(=O)NC(CO)C(O)CCCCCCCCCCCCCCCCCCCC. The van der Waals surface area contributed by atoms with Crippen LogP contribution in [0.3, 0.4) is 0 Å². The Morgan fingerprint density at radius 1 is 0.390 bits per heavy atom. The van der Waals surface area contributed by atoms with Crippen LogP contribution < -0.4 is 5.32 Å². The van der Waals surface area contributed by atoms with Crippen molar-refractivity contribution in [2.75, 3.05) is 6.61 Å². The van der Waals surface area contributed by atoms with Gasteiger partial charge in [-0.15, -0.1) is 0 Å². The molecule has 2 unspecified atom stereocenters. The molecular weight excluding hydrogens is 723 g/mol. The van der Waals surface area contributed by atoms with E-state index in [1.54, 1.807) is 0 Å². The molecule has 0 spiro atoms. The molecule has 0 fully saturated rings. The third-order valence-electron chi connectivity index (χ3n) is 13.0. The van der Waals surface area contributed by atoms with Gasteiger partial charge in [-0.2, -0.15) is 0 Å². The van der Waals surface area contributed by atoms with Gasteiger partial charge in [0, 0.05) is 6.42 Å². The van der Waals surface area contributed by atoms with Crippen molar-refractivity contribution in [1.82, 2.24) is 5.32 Å². The average molecular weight is 832 g/mol. The second-order valence-electron chi connectivity index (χ2n) is 19.0. The highest BCUT2D eigenvalue weighted by Crippen LogP contribution is 2.18. The summed E-state index contributed by atoms with van der Waals surface area (Å²) in [7, 11) is 0. The van der Waals surface area contributed by atoms with E-state index in [1.165, 1.54) is 263 Å². The number of rotatable bonds is 51. The van der Waals surface area contributed by atoms with E-state index in [4.69, 9.17) is 0 Å². The predicted octanol–water partition coefficient (Wildman–Crippen LogP) is 17.8. The van der Waals surface area contributed by atoms with Crippen molar-refractivity contribution in [2.24, 2.45) is 0 Å². The molecule has 0 aliphatic carbocycles. The van der Waals surface area contributed by atoms with Crippen LogP contribution in [0.25, 0.3) is 0 Å². The number of carbonyl (C=O) groups excluding carboxylic acids is 1. The van der Waals surface area contributed by atoms with Gasteiger partial charge in [-0.25, -0.2) is 0 Å². The Kier molecular flexibility index (Phi) is 50.7. The van der Waals surface area contributed by atoms with Crippen LogP contribution in [0, 0.1) is 0 Å². The molecule has 0 radical (unpaired) electrons. The van der Waals surface area contributed by atoms with E-state index in [9.17, 15) is 15.0 Å². The third kappa shape index (κ3) is 48.0. The molecule has 59 heavy (non-hydrogen) atoms. The summed E-state index contributed by atoms with van der Waals surface area (Å²) in [6, 6.07) is -0.533. The Morgan fingerprint density at radius 2 is 0.644 bits per heavy atom. The molecular formula is C55H109NO3. The van der Waals surface area contributed by atoms with Gasteiger partial charge in [0.1, 0.15) is 0 Å². The topological polar surface area (TPSA) is 69.6 Å². The fourth-order valence-corrected chi connectivity index (χ4v) is 8.83. The Bertz CT molecular complexity index is 814. The number of amides is 1. The van der Waals surface area contributed by atoms with Gasteiger partial charge < -0.3 is 15.5 Å². The number of nitrogens with one attached hydrogen (secondary N) is 1. The second-order valence-corrected chi connectivity index (χ2v) is 19.0. The van der Waals surface area contributed by atoms with Crippen molar-refractivity contribution in [3.05, 3.63) is 12.2 Å². The quantitative estimate of drug-likeness (QED) is 0.0422. The summed E-state index contributed by atoms with van der Waals surface area (Å²) in [5.74, 6) is -0.0256. The highest BCUT2D eigenvalue weighted by atomic mass is 16.3. The van der Waals surface area contributed by atoms with E-state index in [2.05, 4.69) is 31.3 Å². The van der Waals surface area contributed by atoms with Gasteiger partial charge in [0.05, 0.1) is 18.8 Å². The molecule has 0 aliphatic heterocycles. The number of aliphatic hydroxyl groups excluding tert-OH is 2. The summed E-state index contributed by atoms with van der Waals surface area (Å²) in [5, 5.41) is 23.3. The molecule has 4 heteroatoms. The van der Waals surface area contributed by atoms with E-state index >= 15 is 0 Å². The van der Waals surface area contributed by atoms with Gasteiger partial charge >= 0.3 is 0 Å². The maximum atomic E-state index is 12.5. The molecule has 0 bridgehead atoms. The molecule has 0 heterocycles. The van der Waals surface area contributed by atoms with Crippen LogP contribution in [0.2, 0.25) is 0 Å². The molecule has 0 aliphatic rings. The summed E-state index contributed by atoms with van der Waals surface area (Å²) in [6.07, 6.45) is 66.2. The van der Waals surface area contributed by atoms with Gasteiger partial charge in [-0.3, -0.25) is 4.79 Å². The Labute approximate surface area is 371 Å². The van der Waals surface area contributed by atoms with E-state index < -0.39 is 12.1 Å². The standard InChI is InChI=1S/C55H109NO3/c1-3-5-7-9-11-13-15-17-19-21-23-24-25-26-27-28-29-30-31-32-33-35-37-39-41-43-45-47-49-51-55(59)56-53(52-57)54(58)50-48-46-44-42-40-38-36-34-22-20-18-16-14-12-10-8-6-4-2/h26-27,53-54,57-58H,3-25,28-52H2,1-2H3,(H,56,59)/b27-26-.